The van der Waals surface area contributed by atoms with Crippen molar-refractivity contribution in [1.82, 2.24) is 5.32 Å². The van der Waals surface area contributed by atoms with Gasteiger partial charge in [0.05, 0.1) is 0 Å². The highest BCUT2D eigenvalue weighted by molar-refractivity contribution is 7.10. The first-order chi connectivity index (χ1) is 9.29. The Morgan fingerprint density at radius 1 is 1.47 bits per heavy atom. The van der Waals surface area contributed by atoms with Gasteiger partial charge in [-0.25, -0.2) is 4.98 Å². The molecule has 0 spiro atoms. The molecule has 0 radical (unpaired) electrons. The van der Waals surface area contributed by atoms with E-state index < -0.39 is 0 Å². The average Bonchev–Trinajstić information content (AvgIpc) is 2.96. The Balaban J connectivity index is 2.01. The second kappa shape index (κ2) is 6.47. The second-order valence-electron chi connectivity index (χ2n) is 3.78. The number of rotatable bonds is 4. The van der Waals surface area contributed by atoms with Crippen molar-refractivity contribution in [1.29, 1.82) is 5.26 Å². The number of amides is 1. The lowest BCUT2D eigenvalue weighted by Gasteiger charge is -2.02. The third-order valence-electron chi connectivity index (χ3n) is 2.42. The molecule has 0 saturated heterocycles. The Bertz CT molecular complexity index is 612. The molecule has 0 aliphatic rings. The number of thiophene rings is 1. The third-order valence-corrected chi connectivity index (χ3v) is 3.24. The number of nitriles is 1. The molecule has 0 aliphatic heterocycles. The summed E-state index contributed by atoms with van der Waals surface area (Å²) in [6, 6.07) is 9.42. The molecule has 0 aliphatic carbocycles. The fourth-order valence-corrected chi connectivity index (χ4v) is 2.14. The molecule has 2 aromatic rings. The zero-order valence-corrected chi connectivity index (χ0v) is 10.9. The Labute approximate surface area is 115 Å². The van der Waals surface area contributed by atoms with Gasteiger partial charge >= 0.3 is 0 Å². The van der Waals surface area contributed by atoms with E-state index in [2.05, 4.69) is 10.3 Å². The molecule has 19 heavy (non-hydrogen) atoms. The lowest BCUT2D eigenvalue weighted by atomic mass is 10.2. The summed E-state index contributed by atoms with van der Waals surface area (Å²) in [5, 5.41) is 13.6. The number of nitrogens with zero attached hydrogens (tertiary/aromatic N) is 1. The van der Waals surface area contributed by atoms with Crippen molar-refractivity contribution in [2.45, 2.75) is 6.54 Å². The van der Waals surface area contributed by atoms with E-state index in [1.807, 2.05) is 35.7 Å². The minimum Gasteiger partial charge on any atom is -0.347 e. The van der Waals surface area contributed by atoms with E-state index in [0.29, 0.717) is 6.54 Å². The highest BCUT2D eigenvalue weighted by Gasteiger charge is 2.09. The van der Waals surface area contributed by atoms with E-state index in [0.717, 1.165) is 10.4 Å². The van der Waals surface area contributed by atoms with Crippen LogP contribution >= 0.6 is 11.3 Å². The van der Waals surface area contributed by atoms with Gasteiger partial charge < -0.3 is 5.32 Å². The van der Waals surface area contributed by atoms with Gasteiger partial charge in [0.25, 0.3) is 5.91 Å². The molecule has 94 valence electrons. The van der Waals surface area contributed by atoms with Crippen molar-refractivity contribution in [3.63, 3.8) is 0 Å². The van der Waals surface area contributed by atoms with E-state index in [1.54, 1.807) is 18.5 Å². The van der Waals surface area contributed by atoms with Crippen LogP contribution in [0.5, 0.6) is 0 Å². The number of aromatic amines is 1. The highest BCUT2D eigenvalue weighted by Crippen LogP contribution is 2.13. The summed E-state index contributed by atoms with van der Waals surface area (Å²) < 4.78 is 0. The summed E-state index contributed by atoms with van der Waals surface area (Å²) in [5.74, 6) is -0.361. The standard InChI is InChI=1S/C14H11N3OS/c15-8-12(7-13-4-2-6-19-13)14(18)17-10-11-3-1-5-16-9-11/h1-7,9H,10H2,(H,17,18)/p+1. The number of hydrogen-bond donors (Lipinski definition) is 1. The summed E-state index contributed by atoms with van der Waals surface area (Å²) >= 11 is 1.49. The molecular weight excluding hydrogens is 258 g/mol. The predicted octanol–water partition coefficient (Wildman–Crippen LogP) is 1.79. The molecular formula is C14H12N3OS+. The van der Waals surface area contributed by atoms with Gasteiger partial charge in [-0.3, -0.25) is 4.79 Å². The van der Waals surface area contributed by atoms with Crippen LogP contribution in [0.25, 0.3) is 6.08 Å². The van der Waals surface area contributed by atoms with E-state index in [-0.39, 0.29) is 11.5 Å². The van der Waals surface area contributed by atoms with Gasteiger partial charge in [-0.15, -0.1) is 11.3 Å². The molecule has 2 aromatic heterocycles. The molecule has 2 rings (SSSR count). The monoisotopic (exact) mass is 270 g/mol. The molecule has 0 unspecified atom stereocenters. The van der Waals surface area contributed by atoms with Gasteiger partial charge in [-0.2, -0.15) is 5.26 Å². The first-order valence-corrected chi connectivity index (χ1v) is 6.56. The van der Waals surface area contributed by atoms with Crippen molar-refractivity contribution in [3.8, 4) is 6.07 Å². The first kappa shape index (κ1) is 13.0. The molecule has 0 saturated carbocycles. The van der Waals surface area contributed by atoms with Crippen molar-refractivity contribution in [2.24, 2.45) is 0 Å². The Hall–Kier alpha value is -2.45. The summed E-state index contributed by atoms with van der Waals surface area (Å²) in [5.41, 5.74) is 1.06. The van der Waals surface area contributed by atoms with E-state index in [9.17, 15) is 4.79 Å². The molecule has 1 amide bonds. The highest BCUT2D eigenvalue weighted by atomic mass is 32.1. The molecule has 2 heterocycles. The van der Waals surface area contributed by atoms with Crippen molar-refractivity contribution >= 4 is 23.3 Å². The van der Waals surface area contributed by atoms with Gasteiger partial charge in [0.1, 0.15) is 11.6 Å². The number of pyridine rings is 1. The van der Waals surface area contributed by atoms with Gasteiger partial charge in [0.15, 0.2) is 12.4 Å². The van der Waals surface area contributed by atoms with Gasteiger partial charge in [-0.05, 0) is 23.6 Å². The summed E-state index contributed by atoms with van der Waals surface area (Å²) in [4.78, 5) is 15.7. The lowest BCUT2D eigenvalue weighted by molar-refractivity contribution is -0.378. The van der Waals surface area contributed by atoms with Crippen LogP contribution in [-0.2, 0) is 11.3 Å². The average molecular weight is 270 g/mol. The SMILES string of the molecule is N#CC(=Cc1cccs1)C(=O)NCc1ccc[nH+]c1. The Morgan fingerprint density at radius 2 is 2.37 bits per heavy atom. The maximum Gasteiger partial charge on any atom is 0.262 e. The number of nitrogens with one attached hydrogen (secondary N) is 2. The smallest absolute Gasteiger partial charge is 0.262 e. The van der Waals surface area contributed by atoms with Crippen molar-refractivity contribution < 1.29 is 9.78 Å². The molecule has 5 heteroatoms. The number of H-pyrrole nitrogens is 1. The molecule has 0 atom stereocenters. The van der Waals surface area contributed by atoms with Crippen LogP contribution in [0.3, 0.4) is 0 Å². The zero-order valence-electron chi connectivity index (χ0n) is 10.1. The van der Waals surface area contributed by atoms with Crippen molar-refractivity contribution in [3.05, 3.63) is 58.1 Å². The second-order valence-corrected chi connectivity index (χ2v) is 4.76. The number of carbonyl (C=O) groups is 1. The Morgan fingerprint density at radius 3 is 3.00 bits per heavy atom. The largest absolute Gasteiger partial charge is 0.347 e. The minimum absolute atomic E-state index is 0.113. The maximum absolute atomic E-state index is 11.9. The Kier molecular flexibility index (Phi) is 4.43. The molecule has 0 bridgehead atoms. The normalized spacial score (nSPS) is 10.8. The predicted molar refractivity (Wildman–Crippen MR) is 72.8 cm³/mol. The quantitative estimate of drug-likeness (QED) is 0.680. The van der Waals surface area contributed by atoms with Gasteiger partial charge in [0, 0.05) is 23.1 Å². The zero-order chi connectivity index (χ0) is 13.5. The molecule has 4 nitrogen and oxygen atoms in total. The lowest BCUT2D eigenvalue weighted by Crippen LogP contribution is -2.24. The number of carbonyl (C=O) groups excluding carboxylic acids is 1. The van der Waals surface area contributed by atoms with Crippen LogP contribution < -0.4 is 10.3 Å². The third kappa shape index (κ3) is 3.76. The molecule has 0 aromatic carbocycles. The summed E-state index contributed by atoms with van der Waals surface area (Å²) in [7, 11) is 0. The van der Waals surface area contributed by atoms with Crippen molar-refractivity contribution in [2.75, 3.05) is 0 Å². The molecule has 0 fully saturated rings. The van der Waals surface area contributed by atoms with Crippen LogP contribution in [0.1, 0.15) is 10.4 Å². The van der Waals surface area contributed by atoms with Crippen LogP contribution in [0.15, 0.2) is 47.6 Å². The van der Waals surface area contributed by atoms with E-state index in [1.165, 1.54) is 11.3 Å². The number of hydrogen-bond acceptors (Lipinski definition) is 3. The minimum atomic E-state index is -0.361. The fourth-order valence-electron chi connectivity index (χ4n) is 1.48. The van der Waals surface area contributed by atoms with Gasteiger partial charge in [-0.1, -0.05) is 6.07 Å². The molecule has 2 N–H and O–H groups in total. The first-order valence-electron chi connectivity index (χ1n) is 5.68. The summed E-state index contributed by atoms with van der Waals surface area (Å²) in [6.07, 6.45) is 5.19. The fraction of sp³-hybridized carbons (Fsp3) is 0.0714. The maximum atomic E-state index is 11.9. The van der Waals surface area contributed by atoms with Crippen LogP contribution in [-0.4, -0.2) is 5.91 Å². The van der Waals surface area contributed by atoms with E-state index in [4.69, 9.17) is 5.26 Å². The van der Waals surface area contributed by atoms with Crippen LogP contribution in [0, 0.1) is 11.3 Å². The van der Waals surface area contributed by atoms with E-state index >= 15 is 0 Å². The number of aromatic nitrogens is 1. The van der Waals surface area contributed by atoms with Gasteiger partial charge in [0.2, 0.25) is 0 Å². The topological polar surface area (TPSA) is 67.0 Å². The van der Waals surface area contributed by atoms with Crippen LogP contribution in [0.2, 0.25) is 0 Å². The van der Waals surface area contributed by atoms with Crippen LogP contribution in [0.4, 0.5) is 0 Å². The summed E-state index contributed by atoms with van der Waals surface area (Å²) in [6.45, 7) is 0.389.